The van der Waals surface area contributed by atoms with Crippen molar-refractivity contribution in [2.75, 3.05) is 25.0 Å². The van der Waals surface area contributed by atoms with Crippen molar-refractivity contribution in [1.29, 1.82) is 0 Å². The fourth-order valence-electron chi connectivity index (χ4n) is 3.78. The Morgan fingerprint density at radius 1 is 0.912 bits per heavy atom. The van der Waals surface area contributed by atoms with E-state index in [1.807, 2.05) is 35.2 Å². The predicted molar refractivity (Wildman–Crippen MR) is 136 cm³/mol. The van der Waals surface area contributed by atoms with Crippen LogP contribution in [0.2, 0.25) is 0 Å². The molecular weight excluding hydrogens is 450 g/mol. The number of benzene rings is 2. The lowest BCUT2D eigenvalue weighted by Gasteiger charge is -2.18. The molecule has 34 heavy (non-hydrogen) atoms. The maximum Gasteiger partial charge on any atom is 0.305 e. The van der Waals surface area contributed by atoms with Crippen molar-refractivity contribution >= 4 is 40.8 Å². The van der Waals surface area contributed by atoms with Gasteiger partial charge in [0, 0.05) is 25.9 Å². The van der Waals surface area contributed by atoms with E-state index >= 15 is 0 Å². The molecule has 0 aromatic heterocycles. The van der Waals surface area contributed by atoms with Gasteiger partial charge in [-0.15, -0.1) is 0 Å². The van der Waals surface area contributed by atoms with Crippen LogP contribution in [0.3, 0.4) is 0 Å². The van der Waals surface area contributed by atoms with Crippen molar-refractivity contribution in [1.82, 2.24) is 10.2 Å². The molecule has 1 heterocycles. The summed E-state index contributed by atoms with van der Waals surface area (Å²) in [6.45, 7) is 1.87. The first-order valence-corrected chi connectivity index (χ1v) is 12.1. The molecule has 180 valence electrons. The van der Waals surface area contributed by atoms with Crippen molar-refractivity contribution < 1.29 is 19.1 Å². The number of carbonyl (C=O) groups is 3. The second-order valence-electron chi connectivity index (χ2n) is 8.21. The van der Waals surface area contributed by atoms with Gasteiger partial charge in [-0.2, -0.15) is 0 Å². The molecule has 1 aliphatic heterocycles. The van der Waals surface area contributed by atoms with Crippen LogP contribution in [-0.4, -0.2) is 47.5 Å². The standard InChI is InChI=1S/C26H31N3O4S/c30-23(15-8-16-24(31)33-19-9-12-20-10-2-1-3-11-20)28-26(34)27-22-14-5-4-13-21(22)25(32)29-17-6-7-18-29/h1-5,10-11,13-14H,6-9,12,15-19H2,(H2,27,28,30,34). The zero-order valence-electron chi connectivity index (χ0n) is 19.3. The Bertz CT molecular complexity index is 991. The van der Waals surface area contributed by atoms with Crippen LogP contribution in [0.25, 0.3) is 0 Å². The molecule has 0 aliphatic carbocycles. The Morgan fingerprint density at radius 3 is 2.38 bits per heavy atom. The molecule has 8 heteroatoms. The van der Waals surface area contributed by atoms with Crippen molar-refractivity contribution in [3.63, 3.8) is 0 Å². The van der Waals surface area contributed by atoms with E-state index in [4.69, 9.17) is 17.0 Å². The lowest BCUT2D eigenvalue weighted by molar-refractivity contribution is -0.143. The van der Waals surface area contributed by atoms with Gasteiger partial charge < -0.3 is 20.3 Å². The predicted octanol–water partition coefficient (Wildman–Crippen LogP) is 4.08. The highest BCUT2D eigenvalue weighted by Crippen LogP contribution is 2.20. The number of esters is 1. The monoisotopic (exact) mass is 481 g/mol. The van der Waals surface area contributed by atoms with Gasteiger partial charge in [0.25, 0.3) is 5.91 Å². The third-order valence-corrected chi connectivity index (χ3v) is 5.76. The number of hydrogen-bond donors (Lipinski definition) is 2. The van der Waals surface area contributed by atoms with Crippen LogP contribution in [0.1, 0.15) is 54.4 Å². The van der Waals surface area contributed by atoms with Crippen LogP contribution in [-0.2, 0) is 20.7 Å². The normalized spacial score (nSPS) is 12.8. The lowest BCUT2D eigenvalue weighted by Crippen LogP contribution is -2.35. The molecule has 2 N–H and O–H groups in total. The van der Waals surface area contributed by atoms with Crippen molar-refractivity contribution in [3.05, 3.63) is 65.7 Å². The van der Waals surface area contributed by atoms with E-state index in [0.717, 1.165) is 38.8 Å². The van der Waals surface area contributed by atoms with Gasteiger partial charge in [-0.05, 0) is 62.0 Å². The number of para-hydroxylation sites is 1. The maximum absolute atomic E-state index is 12.8. The Labute approximate surface area is 205 Å². The molecule has 0 bridgehead atoms. The Balaban J connectivity index is 1.33. The van der Waals surface area contributed by atoms with Gasteiger partial charge in [-0.25, -0.2) is 0 Å². The highest BCUT2D eigenvalue weighted by Gasteiger charge is 2.22. The number of anilines is 1. The zero-order chi connectivity index (χ0) is 24.2. The van der Waals surface area contributed by atoms with Gasteiger partial charge >= 0.3 is 5.97 Å². The molecule has 2 amide bonds. The van der Waals surface area contributed by atoms with Gasteiger partial charge in [0.1, 0.15) is 0 Å². The van der Waals surface area contributed by atoms with Crippen LogP contribution in [0.15, 0.2) is 54.6 Å². The molecule has 3 rings (SSSR count). The first-order chi connectivity index (χ1) is 16.5. The molecule has 1 fully saturated rings. The first kappa shape index (κ1) is 25.4. The summed E-state index contributed by atoms with van der Waals surface area (Å²) >= 11 is 5.25. The molecular formula is C26H31N3O4S. The van der Waals surface area contributed by atoms with E-state index in [1.54, 1.807) is 24.3 Å². The minimum atomic E-state index is -0.309. The fourth-order valence-corrected chi connectivity index (χ4v) is 4.01. The molecule has 7 nitrogen and oxygen atoms in total. The summed E-state index contributed by atoms with van der Waals surface area (Å²) in [6.07, 6.45) is 4.33. The summed E-state index contributed by atoms with van der Waals surface area (Å²) in [5.41, 5.74) is 2.29. The Hall–Kier alpha value is -3.26. The number of thiocarbonyl (C=S) groups is 1. The van der Waals surface area contributed by atoms with E-state index in [9.17, 15) is 14.4 Å². The summed E-state index contributed by atoms with van der Waals surface area (Å²) in [7, 11) is 0. The number of ether oxygens (including phenoxy) is 1. The highest BCUT2D eigenvalue weighted by molar-refractivity contribution is 7.80. The smallest absolute Gasteiger partial charge is 0.305 e. The number of aryl methyl sites for hydroxylation is 1. The fraction of sp³-hybridized carbons (Fsp3) is 0.385. The molecule has 0 radical (unpaired) electrons. The van der Waals surface area contributed by atoms with Gasteiger partial charge in [0.2, 0.25) is 5.91 Å². The molecule has 2 aromatic rings. The molecule has 0 unspecified atom stereocenters. The van der Waals surface area contributed by atoms with Crippen molar-refractivity contribution in [2.45, 2.75) is 44.9 Å². The van der Waals surface area contributed by atoms with Crippen LogP contribution in [0, 0.1) is 0 Å². The summed E-state index contributed by atoms with van der Waals surface area (Å²) in [6, 6.07) is 17.1. The largest absolute Gasteiger partial charge is 0.466 e. The molecule has 2 aromatic carbocycles. The number of amides is 2. The highest BCUT2D eigenvalue weighted by atomic mass is 32.1. The minimum absolute atomic E-state index is 0.0444. The van der Waals surface area contributed by atoms with Crippen LogP contribution in [0.5, 0.6) is 0 Å². The van der Waals surface area contributed by atoms with Crippen LogP contribution in [0.4, 0.5) is 5.69 Å². The molecule has 1 aliphatic rings. The second kappa shape index (κ2) is 13.4. The average Bonchev–Trinajstić information content (AvgIpc) is 3.37. The van der Waals surface area contributed by atoms with Gasteiger partial charge in [-0.1, -0.05) is 42.5 Å². The topological polar surface area (TPSA) is 87.7 Å². The van der Waals surface area contributed by atoms with Crippen LogP contribution >= 0.6 is 12.2 Å². The average molecular weight is 482 g/mol. The Kier molecular flexibility index (Phi) is 10.0. The van der Waals surface area contributed by atoms with E-state index in [-0.39, 0.29) is 35.7 Å². The summed E-state index contributed by atoms with van der Waals surface area (Å²) in [4.78, 5) is 38.7. The number of carbonyl (C=O) groups excluding carboxylic acids is 3. The van der Waals surface area contributed by atoms with E-state index in [2.05, 4.69) is 10.6 Å². The van der Waals surface area contributed by atoms with Gasteiger partial charge in [0.05, 0.1) is 17.9 Å². The van der Waals surface area contributed by atoms with Gasteiger partial charge in [-0.3, -0.25) is 14.4 Å². The molecule has 0 spiro atoms. The Morgan fingerprint density at radius 2 is 1.62 bits per heavy atom. The quantitative estimate of drug-likeness (QED) is 0.302. The number of likely N-dealkylation sites (tertiary alicyclic amines) is 1. The molecule has 0 saturated carbocycles. The van der Waals surface area contributed by atoms with E-state index in [0.29, 0.717) is 24.3 Å². The van der Waals surface area contributed by atoms with Gasteiger partial charge in [0.15, 0.2) is 5.11 Å². The van der Waals surface area contributed by atoms with E-state index < -0.39 is 0 Å². The minimum Gasteiger partial charge on any atom is -0.466 e. The van der Waals surface area contributed by atoms with Crippen molar-refractivity contribution in [2.24, 2.45) is 0 Å². The first-order valence-electron chi connectivity index (χ1n) is 11.7. The summed E-state index contributed by atoms with van der Waals surface area (Å²) < 4.78 is 5.24. The van der Waals surface area contributed by atoms with E-state index in [1.165, 1.54) is 5.56 Å². The van der Waals surface area contributed by atoms with Crippen LogP contribution < -0.4 is 10.6 Å². The molecule has 0 atom stereocenters. The molecule has 1 saturated heterocycles. The third kappa shape index (κ3) is 8.26. The number of nitrogens with zero attached hydrogens (tertiary/aromatic N) is 1. The summed E-state index contributed by atoms with van der Waals surface area (Å²) in [5, 5.41) is 5.69. The lowest BCUT2D eigenvalue weighted by atomic mass is 10.1. The van der Waals surface area contributed by atoms with Crippen molar-refractivity contribution in [3.8, 4) is 0 Å². The third-order valence-electron chi connectivity index (χ3n) is 5.55. The number of nitrogens with one attached hydrogen (secondary N) is 2. The SMILES string of the molecule is O=C(CCCC(=O)OCCCc1ccccc1)NC(=S)Nc1ccccc1C(=O)N1CCCC1. The second-order valence-corrected chi connectivity index (χ2v) is 8.62. The zero-order valence-corrected chi connectivity index (χ0v) is 20.1. The number of rotatable bonds is 10. The maximum atomic E-state index is 12.8. The number of hydrogen-bond acceptors (Lipinski definition) is 5. The summed E-state index contributed by atoms with van der Waals surface area (Å²) in [5.74, 6) is -0.648.